The Hall–Kier alpha value is -0.710. The Morgan fingerprint density at radius 2 is 1.65 bits per heavy atom. The van der Waals surface area contributed by atoms with Gasteiger partial charge >= 0.3 is 0 Å². The fraction of sp³-hybridized carbons (Fsp3) is 0.250. The minimum Gasteiger partial charge on any atom is -0.309 e. The summed E-state index contributed by atoms with van der Waals surface area (Å²) >= 11 is 7.05. The van der Waals surface area contributed by atoms with E-state index in [0.29, 0.717) is 0 Å². The molecule has 4 heteroatoms. The second-order valence-electron chi connectivity index (χ2n) is 4.85. The molecule has 0 saturated carbocycles. The maximum absolute atomic E-state index is 13.5. The van der Waals surface area contributed by atoms with Gasteiger partial charge in [0.15, 0.2) is 0 Å². The highest BCUT2D eigenvalue weighted by atomic mass is 79.9. The minimum absolute atomic E-state index is 0.0492. The topological polar surface area (TPSA) is 12.0 Å². The van der Waals surface area contributed by atoms with Crippen LogP contribution in [0.5, 0.6) is 0 Å². The van der Waals surface area contributed by atoms with E-state index in [1.54, 1.807) is 12.1 Å². The first-order valence-electron chi connectivity index (χ1n) is 6.33. The molecule has 2 rings (SSSR count). The monoisotopic (exact) mass is 399 g/mol. The summed E-state index contributed by atoms with van der Waals surface area (Å²) < 4.78 is 15.5. The lowest BCUT2D eigenvalue weighted by atomic mass is 9.93. The first kappa shape index (κ1) is 15.7. The van der Waals surface area contributed by atoms with Crippen LogP contribution in [0.15, 0.2) is 39.3 Å². The highest BCUT2D eigenvalue weighted by Gasteiger charge is 2.18. The van der Waals surface area contributed by atoms with Gasteiger partial charge in [0.25, 0.3) is 0 Å². The summed E-state index contributed by atoms with van der Waals surface area (Å²) in [6, 6.07) is 8.96. The second kappa shape index (κ2) is 6.37. The summed E-state index contributed by atoms with van der Waals surface area (Å²) in [5, 5.41) is 3.28. The third-order valence-electron chi connectivity index (χ3n) is 3.42. The zero-order chi connectivity index (χ0) is 14.9. The van der Waals surface area contributed by atoms with Gasteiger partial charge in [0.1, 0.15) is 5.82 Å². The van der Waals surface area contributed by atoms with Crippen molar-refractivity contribution in [3.8, 4) is 0 Å². The summed E-state index contributed by atoms with van der Waals surface area (Å²) in [5.41, 5.74) is 4.38. The molecule has 1 unspecified atom stereocenters. The highest BCUT2D eigenvalue weighted by Crippen LogP contribution is 2.33. The lowest BCUT2D eigenvalue weighted by molar-refractivity contribution is 0.615. The quantitative estimate of drug-likeness (QED) is 0.739. The van der Waals surface area contributed by atoms with Crippen molar-refractivity contribution < 1.29 is 4.39 Å². The Kier molecular flexibility index (Phi) is 4.99. The maximum Gasteiger partial charge on any atom is 0.123 e. The van der Waals surface area contributed by atoms with E-state index in [0.717, 1.165) is 25.6 Å². The predicted octanol–water partition coefficient (Wildman–Crippen LogP) is 5.28. The Morgan fingerprint density at radius 3 is 2.30 bits per heavy atom. The summed E-state index contributed by atoms with van der Waals surface area (Å²) in [5.74, 6) is -0.227. The zero-order valence-electron chi connectivity index (χ0n) is 11.6. The zero-order valence-corrected chi connectivity index (χ0v) is 14.8. The van der Waals surface area contributed by atoms with Gasteiger partial charge < -0.3 is 5.32 Å². The molecule has 0 radical (unpaired) electrons. The van der Waals surface area contributed by atoms with Crippen molar-refractivity contribution in [3.63, 3.8) is 0 Å². The molecular formula is C16H16Br2FN. The Bertz CT molecular complexity index is 641. The van der Waals surface area contributed by atoms with E-state index in [9.17, 15) is 4.39 Å². The lowest BCUT2D eigenvalue weighted by Crippen LogP contribution is -2.19. The third-order valence-corrected chi connectivity index (χ3v) is 4.99. The summed E-state index contributed by atoms with van der Waals surface area (Å²) in [6.45, 7) is 4.12. The SMILES string of the molecule is CNC(c1cc(C)c(Br)cc1C)c1cc(F)ccc1Br. The Labute approximate surface area is 135 Å². The van der Waals surface area contributed by atoms with Gasteiger partial charge in [-0.2, -0.15) is 0 Å². The molecule has 0 aliphatic rings. The van der Waals surface area contributed by atoms with E-state index < -0.39 is 0 Å². The van der Waals surface area contributed by atoms with Crippen LogP contribution in [-0.4, -0.2) is 7.05 Å². The first-order valence-corrected chi connectivity index (χ1v) is 7.91. The smallest absolute Gasteiger partial charge is 0.123 e. The number of halogens is 3. The number of hydrogen-bond donors (Lipinski definition) is 1. The Balaban J connectivity index is 2.58. The first-order chi connectivity index (χ1) is 9.43. The molecule has 1 atom stereocenters. The van der Waals surface area contributed by atoms with Crippen LogP contribution in [0.4, 0.5) is 4.39 Å². The molecule has 106 valence electrons. The number of rotatable bonds is 3. The molecular weight excluding hydrogens is 385 g/mol. The van der Waals surface area contributed by atoms with E-state index >= 15 is 0 Å². The van der Waals surface area contributed by atoms with Crippen molar-refractivity contribution in [2.75, 3.05) is 7.05 Å². The van der Waals surface area contributed by atoms with Crippen molar-refractivity contribution in [1.29, 1.82) is 0 Å². The summed E-state index contributed by atoms with van der Waals surface area (Å²) in [6.07, 6.45) is 0. The largest absolute Gasteiger partial charge is 0.309 e. The molecule has 0 saturated heterocycles. The summed E-state index contributed by atoms with van der Waals surface area (Å²) in [7, 11) is 1.89. The van der Waals surface area contributed by atoms with Crippen LogP contribution in [0.1, 0.15) is 28.3 Å². The van der Waals surface area contributed by atoms with Gasteiger partial charge in [-0.3, -0.25) is 0 Å². The number of aryl methyl sites for hydroxylation is 2. The Morgan fingerprint density at radius 1 is 0.950 bits per heavy atom. The van der Waals surface area contributed by atoms with Crippen molar-refractivity contribution in [1.82, 2.24) is 5.32 Å². The van der Waals surface area contributed by atoms with Gasteiger partial charge in [0.05, 0.1) is 6.04 Å². The molecule has 0 fully saturated rings. The number of hydrogen-bond acceptors (Lipinski definition) is 1. The predicted molar refractivity (Wildman–Crippen MR) is 88.6 cm³/mol. The van der Waals surface area contributed by atoms with Gasteiger partial charge in [-0.05, 0) is 67.4 Å². The third kappa shape index (κ3) is 3.13. The van der Waals surface area contributed by atoms with Crippen LogP contribution >= 0.6 is 31.9 Å². The van der Waals surface area contributed by atoms with Crippen LogP contribution < -0.4 is 5.32 Å². The molecule has 0 spiro atoms. The van der Waals surface area contributed by atoms with Gasteiger partial charge in [-0.1, -0.05) is 37.9 Å². The molecule has 1 nitrogen and oxygen atoms in total. The number of benzene rings is 2. The van der Waals surface area contributed by atoms with Crippen LogP contribution in [0, 0.1) is 19.7 Å². The molecule has 0 aliphatic heterocycles. The molecule has 0 amide bonds. The highest BCUT2D eigenvalue weighted by molar-refractivity contribution is 9.10. The average Bonchev–Trinajstić information content (AvgIpc) is 2.40. The minimum atomic E-state index is -0.227. The molecule has 0 bridgehead atoms. The van der Waals surface area contributed by atoms with Gasteiger partial charge in [-0.15, -0.1) is 0 Å². The van der Waals surface area contributed by atoms with Crippen molar-refractivity contribution in [2.45, 2.75) is 19.9 Å². The van der Waals surface area contributed by atoms with Crippen molar-refractivity contribution in [2.24, 2.45) is 0 Å². The van der Waals surface area contributed by atoms with Crippen LogP contribution in [0.2, 0.25) is 0 Å². The fourth-order valence-electron chi connectivity index (χ4n) is 2.33. The molecule has 1 N–H and O–H groups in total. The van der Waals surface area contributed by atoms with Crippen molar-refractivity contribution >= 4 is 31.9 Å². The van der Waals surface area contributed by atoms with E-state index in [1.807, 2.05) is 7.05 Å². The van der Waals surface area contributed by atoms with Crippen molar-refractivity contribution in [3.05, 3.63) is 67.3 Å². The van der Waals surface area contributed by atoms with E-state index in [4.69, 9.17) is 0 Å². The van der Waals surface area contributed by atoms with Crippen LogP contribution in [0.3, 0.4) is 0 Å². The molecule has 2 aromatic carbocycles. The number of nitrogens with one attached hydrogen (secondary N) is 1. The maximum atomic E-state index is 13.5. The summed E-state index contributed by atoms with van der Waals surface area (Å²) in [4.78, 5) is 0. The van der Waals surface area contributed by atoms with Gasteiger partial charge in [0.2, 0.25) is 0 Å². The average molecular weight is 401 g/mol. The van der Waals surface area contributed by atoms with Gasteiger partial charge in [-0.25, -0.2) is 4.39 Å². The standard InChI is InChI=1S/C16H16Br2FN/c1-9-7-15(18)10(2)6-12(9)16(20-3)13-8-11(19)4-5-14(13)17/h4-8,16,20H,1-3H3. The van der Waals surface area contributed by atoms with Crippen LogP contribution in [0.25, 0.3) is 0 Å². The molecule has 20 heavy (non-hydrogen) atoms. The molecule has 2 aromatic rings. The van der Waals surface area contributed by atoms with E-state index in [1.165, 1.54) is 11.6 Å². The fourth-order valence-corrected chi connectivity index (χ4v) is 3.26. The molecule has 0 heterocycles. The molecule has 0 aliphatic carbocycles. The van der Waals surface area contributed by atoms with E-state index in [2.05, 4.69) is 63.2 Å². The van der Waals surface area contributed by atoms with Gasteiger partial charge in [0, 0.05) is 8.95 Å². The normalized spacial score (nSPS) is 12.5. The van der Waals surface area contributed by atoms with E-state index in [-0.39, 0.29) is 11.9 Å². The van der Waals surface area contributed by atoms with Crippen LogP contribution in [-0.2, 0) is 0 Å². The second-order valence-corrected chi connectivity index (χ2v) is 6.55. The lowest BCUT2D eigenvalue weighted by Gasteiger charge is -2.22. The molecule has 0 aromatic heterocycles.